The molecule has 0 aliphatic heterocycles. The van der Waals surface area contributed by atoms with Crippen LogP contribution in [0.2, 0.25) is 0 Å². The van der Waals surface area contributed by atoms with Crippen LogP contribution in [0.4, 0.5) is 0 Å². The van der Waals surface area contributed by atoms with Gasteiger partial charge in [0.1, 0.15) is 0 Å². The third-order valence-electron chi connectivity index (χ3n) is 6.10. The van der Waals surface area contributed by atoms with Crippen molar-refractivity contribution in [2.45, 2.75) is 45.4 Å². The average molecular weight is 283 g/mol. The van der Waals surface area contributed by atoms with Gasteiger partial charge in [0.2, 0.25) is 0 Å². The Morgan fingerprint density at radius 1 is 1.05 bits per heavy atom. The summed E-state index contributed by atoms with van der Waals surface area (Å²) in [5.41, 5.74) is 2.42. The Morgan fingerprint density at radius 2 is 1.57 bits per heavy atom. The van der Waals surface area contributed by atoms with E-state index in [0.717, 1.165) is 29.9 Å². The highest BCUT2D eigenvalue weighted by Crippen LogP contribution is 2.59. The highest BCUT2D eigenvalue weighted by atomic mass is 16.1. The lowest BCUT2D eigenvalue weighted by Crippen LogP contribution is -2.51. The molecule has 1 aromatic carbocycles. The zero-order chi connectivity index (χ0) is 14.4. The smallest absolute Gasteiger partial charge is 0.251 e. The Bertz CT molecular complexity index is 510. The van der Waals surface area contributed by atoms with Gasteiger partial charge < -0.3 is 5.32 Å². The molecule has 0 radical (unpaired) electrons. The predicted molar refractivity (Wildman–Crippen MR) is 84.1 cm³/mol. The zero-order valence-electron chi connectivity index (χ0n) is 12.9. The van der Waals surface area contributed by atoms with Gasteiger partial charge in [0.25, 0.3) is 5.91 Å². The van der Waals surface area contributed by atoms with Crippen molar-refractivity contribution >= 4 is 5.91 Å². The summed E-state index contributed by atoms with van der Waals surface area (Å²) in [6.07, 6.45) is 8.45. The van der Waals surface area contributed by atoms with E-state index < -0.39 is 0 Å². The van der Waals surface area contributed by atoms with Crippen LogP contribution in [0.25, 0.3) is 0 Å². The molecule has 4 aliphatic carbocycles. The van der Waals surface area contributed by atoms with Crippen molar-refractivity contribution in [3.63, 3.8) is 0 Å². The van der Waals surface area contributed by atoms with E-state index in [1.54, 1.807) is 0 Å². The van der Waals surface area contributed by atoms with Gasteiger partial charge in [-0.3, -0.25) is 4.79 Å². The first-order valence-electron chi connectivity index (χ1n) is 8.47. The Balaban J connectivity index is 1.42. The quantitative estimate of drug-likeness (QED) is 0.894. The fourth-order valence-corrected chi connectivity index (χ4v) is 5.58. The molecule has 0 atom stereocenters. The van der Waals surface area contributed by atoms with Crippen LogP contribution in [0.5, 0.6) is 0 Å². The molecule has 4 fully saturated rings. The molecule has 4 bridgehead atoms. The number of aryl methyl sites for hydroxylation is 1. The second-order valence-electron chi connectivity index (χ2n) is 7.97. The molecular weight excluding hydrogens is 258 g/mol. The molecule has 5 rings (SSSR count). The minimum atomic E-state index is 0.103. The lowest BCUT2D eigenvalue weighted by molar-refractivity contribution is -0.0503. The number of benzene rings is 1. The number of carbonyl (C=O) groups excluding carboxylic acids is 1. The largest absolute Gasteiger partial charge is 0.351 e. The molecule has 0 spiro atoms. The third-order valence-corrected chi connectivity index (χ3v) is 6.10. The van der Waals surface area contributed by atoms with Crippen molar-refractivity contribution in [1.29, 1.82) is 0 Å². The summed E-state index contributed by atoms with van der Waals surface area (Å²) in [4.78, 5) is 12.3. The molecule has 1 amide bonds. The van der Waals surface area contributed by atoms with Crippen molar-refractivity contribution in [2.75, 3.05) is 6.54 Å². The molecule has 2 nitrogen and oxygen atoms in total. The van der Waals surface area contributed by atoms with E-state index >= 15 is 0 Å². The van der Waals surface area contributed by atoms with E-state index in [0.29, 0.717) is 5.41 Å². The Kier molecular flexibility index (Phi) is 3.09. The third kappa shape index (κ3) is 2.49. The van der Waals surface area contributed by atoms with Gasteiger partial charge in [-0.05, 0) is 80.8 Å². The van der Waals surface area contributed by atoms with Crippen molar-refractivity contribution in [3.8, 4) is 0 Å². The molecule has 0 aromatic heterocycles. The van der Waals surface area contributed by atoms with E-state index in [-0.39, 0.29) is 5.91 Å². The number of hydrogen-bond acceptors (Lipinski definition) is 1. The number of rotatable bonds is 3. The van der Waals surface area contributed by atoms with Crippen LogP contribution in [0.3, 0.4) is 0 Å². The standard InChI is InChI=1S/C19H25NO/c1-13-2-4-17(5-3-13)18(21)20-12-19-9-14-6-15(10-19)8-16(7-14)11-19/h2-5,14-16H,6-12H2,1H3,(H,20,21). The zero-order valence-corrected chi connectivity index (χ0v) is 12.9. The van der Waals surface area contributed by atoms with Crippen LogP contribution in [-0.4, -0.2) is 12.5 Å². The molecule has 0 heterocycles. The van der Waals surface area contributed by atoms with Crippen molar-refractivity contribution in [3.05, 3.63) is 35.4 Å². The summed E-state index contributed by atoms with van der Waals surface area (Å²) < 4.78 is 0. The van der Waals surface area contributed by atoms with E-state index in [4.69, 9.17) is 0 Å². The maximum absolute atomic E-state index is 12.3. The summed E-state index contributed by atoms with van der Waals surface area (Å²) in [7, 11) is 0. The molecule has 0 saturated heterocycles. The van der Waals surface area contributed by atoms with Crippen LogP contribution in [-0.2, 0) is 0 Å². The first kappa shape index (κ1) is 13.4. The molecule has 21 heavy (non-hydrogen) atoms. The fourth-order valence-electron chi connectivity index (χ4n) is 5.58. The lowest BCUT2D eigenvalue weighted by atomic mass is 9.49. The van der Waals surface area contributed by atoms with Crippen LogP contribution in [0.1, 0.15) is 54.4 Å². The summed E-state index contributed by atoms with van der Waals surface area (Å²) in [5, 5.41) is 3.24. The highest BCUT2D eigenvalue weighted by Gasteiger charge is 2.50. The maximum atomic E-state index is 12.3. The molecule has 4 saturated carbocycles. The van der Waals surface area contributed by atoms with Gasteiger partial charge in [0, 0.05) is 12.1 Å². The monoisotopic (exact) mass is 283 g/mol. The van der Waals surface area contributed by atoms with E-state index in [9.17, 15) is 4.79 Å². The van der Waals surface area contributed by atoms with Gasteiger partial charge in [-0.15, -0.1) is 0 Å². The van der Waals surface area contributed by atoms with Crippen molar-refractivity contribution < 1.29 is 4.79 Å². The SMILES string of the molecule is Cc1ccc(C(=O)NCC23CC4CC(CC(C4)C2)C3)cc1. The average Bonchev–Trinajstić information content (AvgIpc) is 2.44. The topological polar surface area (TPSA) is 29.1 Å². The second kappa shape index (κ2) is 4.86. The first-order valence-corrected chi connectivity index (χ1v) is 8.47. The lowest BCUT2D eigenvalue weighted by Gasteiger charge is -2.56. The van der Waals surface area contributed by atoms with Crippen LogP contribution >= 0.6 is 0 Å². The molecule has 1 aromatic rings. The van der Waals surface area contributed by atoms with E-state index in [1.165, 1.54) is 44.1 Å². The Morgan fingerprint density at radius 3 is 2.10 bits per heavy atom. The predicted octanol–water partition coefficient (Wildman–Crippen LogP) is 3.94. The van der Waals surface area contributed by atoms with Gasteiger partial charge in [0.05, 0.1) is 0 Å². The van der Waals surface area contributed by atoms with Crippen molar-refractivity contribution in [2.24, 2.45) is 23.2 Å². The Labute approximate surface area is 127 Å². The van der Waals surface area contributed by atoms with E-state index in [2.05, 4.69) is 12.2 Å². The van der Waals surface area contributed by atoms with Crippen LogP contribution in [0, 0.1) is 30.1 Å². The van der Waals surface area contributed by atoms with Gasteiger partial charge in [-0.1, -0.05) is 17.7 Å². The van der Waals surface area contributed by atoms with Crippen LogP contribution in [0.15, 0.2) is 24.3 Å². The van der Waals surface area contributed by atoms with Gasteiger partial charge in [0.15, 0.2) is 0 Å². The number of carbonyl (C=O) groups is 1. The number of amides is 1. The first-order chi connectivity index (χ1) is 10.1. The Hall–Kier alpha value is -1.31. The molecule has 1 N–H and O–H groups in total. The van der Waals surface area contributed by atoms with E-state index in [1.807, 2.05) is 24.3 Å². The minimum Gasteiger partial charge on any atom is -0.351 e. The summed E-state index contributed by atoms with van der Waals surface area (Å²) in [5.74, 6) is 2.96. The summed E-state index contributed by atoms with van der Waals surface area (Å²) in [6, 6.07) is 7.90. The number of nitrogens with one attached hydrogen (secondary N) is 1. The molecular formula is C19H25NO. The van der Waals surface area contributed by atoms with Gasteiger partial charge >= 0.3 is 0 Å². The summed E-state index contributed by atoms with van der Waals surface area (Å²) in [6.45, 7) is 2.94. The molecule has 2 heteroatoms. The summed E-state index contributed by atoms with van der Waals surface area (Å²) >= 11 is 0. The molecule has 112 valence electrons. The molecule has 0 unspecified atom stereocenters. The van der Waals surface area contributed by atoms with Gasteiger partial charge in [-0.2, -0.15) is 0 Å². The minimum absolute atomic E-state index is 0.103. The van der Waals surface area contributed by atoms with Crippen molar-refractivity contribution in [1.82, 2.24) is 5.32 Å². The molecule has 4 aliphatic rings. The fraction of sp³-hybridized carbons (Fsp3) is 0.632. The highest BCUT2D eigenvalue weighted by molar-refractivity contribution is 5.94. The second-order valence-corrected chi connectivity index (χ2v) is 7.97. The normalized spacial score (nSPS) is 36.7. The maximum Gasteiger partial charge on any atom is 0.251 e. The van der Waals surface area contributed by atoms with Gasteiger partial charge in [-0.25, -0.2) is 0 Å². The van der Waals surface area contributed by atoms with Crippen LogP contribution < -0.4 is 5.32 Å². The number of hydrogen-bond donors (Lipinski definition) is 1.